The second-order valence-electron chi connectivity index (χ2n) is 7.07. The van der Waals surface area contributed by atoms with Crippen LogP contribution in [0.25, 0.3) is 0 Å². The number of methoxy groups -OCH3 is 1. The Morgan fingerprint density at radius 3 is 2.06 bits per heavy atom. The molecule has 1 aromatic heterocycles. The van der Waals surface area contributed by atoms with Crippen molar-refractivity contribution in [1.29, 1.82) is 0 Å². The number of ether oxygens (including phenoxy) is 3. The molecule has 0 unspecified atom stereocenters. The van der Waals surface area contributed by atoms with Crippen LogP contribution in [0.3, 0.4) is 0 Å². The lowest BCUT2D eigenvalue weighted by molar-refractivity contribution is 0.0547. The number of benzene rings is 1. The van der Waals surface area contributed by atoms with Gasteiger partial charge in [-0.15, -0.1) is 0 Å². The third kappa shape index (κ3) is 10.3. The first-order chi connectivity index (χ1) is 15.1. The number of anilines is 3. The molecule has 0 fully saturated rings. The molecule has 0 bridgehead atoms. The van der Waals surface area contributed by atoms with E-state index in [0.29, 0.717) is 63.9 Å². The summed E-state index contributed by atoms with van der Waals surface area (Å²) in [6.45, 7) is 7.99. The second kappa shape index (κ2) is 14.3. The minimum Gasteiger partial charge on any atom is -0.497 e. The van der Waals surface area contributed by atoms with Gasteiger partial charge in [-0.1, -0.05) is 12.1 Å². The molecule has 2 aromatic rings. The number of hydrogen-bond donors (Lipinski definition) is 4. The highest BCUT2D eigenvalue weighted by atomic mass is 16.5. The summed E-state index contributed by atoms with van der Waals surface area (Å²) in [5.74, 6) is 2.38. The van der Waals surface area contributed by atoms with E-state index in [4.69, 9.17) is 19.9 Å². The van der Waals surface area contributed by atoms with Gasteiger partial charge in [0.15, 0.2) is 0 Å². The van der Waals surface area contributed by atoms with Crippen LogP contribution in [0.1, 0.15) is 19.4 Å². The van der Waals surface area contributed by atoms with Crippen molar-refractivity contribution >= 4 is 17.8 Å². The van der Waals surface area contributed by atoms with Crippen molar-refractivity contribution in [3.05, 3.63) is 29.8 Å². The molecule has 0 atom stereocenters. The monoisotopic (exact) mass is 433 g/mol. The van der Waals surface area contributed by atoms with Crippen molar-refractivity contribution in [2.24, 2.45) is 5.73 Å². The average molecular weight is 434 g/mol. The van der Waals surface area contributed by atoms with Crippen LogP contribution in [0.5, 0.6) is 5.75 Å². The fourth-order valence-electron chi connectivity index (χ4n) is 2.61. The van der Waals surface area contributed by atoms with Gasteiger partial charge in [-0.25, -0.2) is 0 Å². The third-order valence-corrected chi connectivity index (χ3v) is 4.07. The van der Waals surface area contributed by atoms with Crippen molar-refractivity contribution in [1.82, 2.24) is 15.0 Å². The standard InChI is InChI=1S/C21H35N7O3/c1-16(2)25-21-27-19(23-10-8-17-4-6-18(29-3)7-5-17)26-20(28-21)24-11-13-31-15-14-30-12-9-22/h4-7,16H,8-15,22H2,1-3H3,(H3,23,24,25,26,27,28). The van der Waals surface area contributed by atoms with Crippen LogP contribution >= 0.6 is 0 Å². The Labute approximate surface area is 184 Å². The Bertz CT molecular complexity index is 744. The predicted octanol–water partition coefficient (Wildman–Crippen LogP) is 1.76. The minimum absolute atomic E-state index is 0.208. The molecule has 0 radical (unpaired) electrons. The minimum atomic E-state index is 0.208. The summed E-state index contributed by atoms with van der Waals surface area (Å²) in [5.41, 5.74) is 6.57. The third-order valence-electron chi connectivity index (χ3n) is 4.07. The fraction of sp³-hybridized carbons (Fsp3) is 0.571. The second-order valence-corrected chi connectivity index (χ2v) is 7.07. The number of nitrogens with zero attached hydrogens (tertiary/aromatic N) is 3. The molecule has 10 nitrogen and oxygen atoms in total. The molecule has 0 aliphatic carbocycles. The summed E-state index contributed by atoms with van der Waals surface area (Å²) in [5, 5.41) is 9.68. The van der Waals surface area contributed by atoms with E-state index in [0.717, 1.165) is 12.2 Å². The van der Waals surface area contributed by atoms with Crippen molar-refractivity contribution < 1.29 is 14.2 Å². The topological polar surface area (TPSA) is 128 Å². The molecule has 0 spiro atoms. The van der Waals surface area contributed by atoms with Gasteiger partial charge in [0.1, 0.15) is 5.75 Å². The van der Waals surface area contributed by atoms with Gasteiger partial charge in [-0.3, -0.25) is 0 Å². The molecule has 172 valence electrons. The first-order valence-corrected chi connectivity index (χ1v) is 10.6. The fourth-order valence-corrected chi connectivity index (χ4v) is 2.61. The van der Waals surface area contributed by atoms with Gasteiger partial charge in [-0.05, 0) is 38.0 Å². The normalized spacial score (nSPS) is 10.9. The van der Waals surface area contributed by atoms with E-state index in [1.807, 2.05) is 38.1 Å². The van der Waals surface area contributed by atoms with Gasteiger partial charge in [0.2, 0.25) is 17.8 Å². The summed E-state index contributed by atoms with van der Waals surface area (Å²) < 4.78 is 16.0. The Balaban J connectivity index is 1.83. The molecule has 2 rings (SSSR count). The summed E-state index contributed by atoms with van der Waals surface area (Å²) in [7, 11) is 1.66. The first kappa shape index (κ1) is 24.6. The van der Waals surface area contributed by atoms with E-state index >= 15 is 0 Å². The predicted molar refractivity (Wildman–Crippen MR) is 123 cm³/mol. The number of nitrogens with two attached hydrogens (primary N) is 1. The summed E-state index contributed by atoms with van der Waals surface area (Å²) in [4.78, 5) is 13.3. The van der Waals surface area contributed by atoms with Crippen molar-refractivity contribution in [3.8, 4) is 5.75 Å². The Morgan fingerprint density at radius 2 is 1.45 bits per heavy atom. The van der Waals surface area contributed by atoms with Crippen LogP contribution < -0.4 is 26.4 Å². The molecule has 5 N–H and O–H groups in total. The maximum atomic E-state index is 5.52. The molecule has 10 heteroatoms. The summed E-state index contributed by atoms with van der Waals surface area (Å²) in [6.07, 6.45) is 0.839. The Morgan fingerprint density at radius 1 is 0.839 bits per heavy atom. The van der Waals surface area contributed by atoms with Crippen LogP contribution in [0.4, 0.5) is 17.8 Å². The van der Waals surface area contributed by atoms with Gasteiger partial charge in [-0.2, -0.15) is 15.0 Å². The van der Waals surface area contributed by atoms with Crippen LogP contribution in [-0.4, -0.2) is 74.2 Å². The van der Waals surface area contributed by atoms with Crippen molar-refractivity contribution in [3.63, 3.8) is 0 Å². The van der Waals surface area contributed by atoms with Crippen LogP contribution in [-0.2, 0) is 15.9 Å². The van der Waals surface area contributed by atoms with E-state index in [2.05, 4.69) is 30.9 Å². The SMILES string of the molecule is COc1ccc(CCNc2nc(NCCOCCOCCN)nc(NC(C)C)n2)cc1. The van der Waals surface area contributed by atoms with Crippen LogP contribution in [0, 0.1) is 0 Å². The molecule has 31 heavy (non-hydrogen) atoms. The van der Waals surface area contributed by atoms with E-state index in [-0.39, 0.29) is 6.04 Å². The maximum absolute atomic E-state index is 5.52. The van der Waals surface area contributed by atoms with Crippen molar-refractivity contribution in [2.45, 2.75) is 26.3 Å². The van der Waals surface area contributed by atoms with Gasteiger partial charge in [0.05, 0.1) is 33.5 Å². The van der Waals surface area contributed by atoms with Crippen LogP contribution in [0.2, 0.25) is 0 Å². The summed E-state index contributed by atoms with van der Waals surface area (Å²) >= 11 is 0. The zero-order valence-electron chi connectivity index (χ0n) is 18.7. The van der Waals surface area contributed by atoms with E-state index < -0.39 is 0 Å². The van der Waals surface area contributed by atoms with E-state index in [9.17, 15) is 0 Å². The zero-order valence-corrected chi connectivity index (χ0v) is 18.7. The number of hydrogen-bond acceptors (Lipinski definition) is 10. The molecule has 0 aliphatic rings. The van der Waals surface area contributed by atoms with Crippen molar-refractivity contribution in [2.75, 3.05) is 69.1 Å². The zero-order chi connectivity index (χ0) is 22.3. The Kier molecular flexibility index (Phi) is 11.4. The van der Waals surface area contributed by atoms with Gasteiger partial charge < -0.3 is 35.9 Å². The smallest absolute Gasteiger partial charge is 0.229 e. The number of nitrogens with one attached hydrogen (secondary N) is 3. The molecular weight excluding hydrogens is 398 g/mol. The first-order valence-electron chi connectivity index (χ1n) is 10.6. The van der Waals surface area contributed by atoms with E-state index in [1.165, 1.54) is 5.56 Å². The highest BCUT2D eigenvalue weighted by Gasteiger charge is 2.07. The molecule has 1 aromatic carbocycles. The Hall–Kier alpha value is -2.69. The molecule has 0 aliphatic heterocycles. The van der Waals surface area contributed by atoms with Crippen LogP contribution in [0.15, 0.2) is 24.3 Å². The largest absolute Gasteiger partial charge is 0.497 e. The quantitative estimate of drug-likeness (QED) is 0.291. The van der Waals surface area contributed by atoms with Gasteiger partial charge in [0, 0.05) is 25.7 Å². The molecule has 0 amide bonds. The maximum Gasteiger partial charge on any atom is 0.229 e. The highest BCUT2D eigenvalue weighted by Crippen LogP contribution is 2.13. The lowest BCUT2D eigenvalue weighted by atomic mass is 10.1. The highest BCUT2D eigenvalue weighted by molar-refractivity contribution is 5.42. The molecular formula is C21H35N7O3. The molecule has 0 saturated heterocycles. The number of aromatic nitrogens is 3. The van der Waals surface area contributed by atoms with Gasteiger partial charge >= 0.3 is 0 Å². The van der Waals surface area contributed by atoms with E-state index in [1.54, 1.807) is 7.11 Å². The number of rotatable bonds is 16. The lowest BCUT2D eigenvalue weighted by Gasteiger charge is -2.13. The molecule has 1 heterocycles. The average Bonchev–Trinajstić information content (AvgIpc) is 2.75. The molecule has 0 saturated carbocycles. The summed E-state index contributed by atoms with van der Waals surface area (Å²) in [6, 6.07) is 8.22. The lowest BCUT2D eigenvalue weighted by Crippen LogP contribution is -2.19. The van der Waals surface area contributed by atoms with Gasteiger partial charge in [0.25, 0.3) is 0 Å².